The molecular weight excluding hydrogens is 304 g/mol. The Labute approximate surface area is 124 Å². The van der Waals surface area contributed by atoms with Crippen LogP contribution < -0.4 is 10.6 Å². The van der Waals surface area contributed by atoms with Gasteiger partial charge in [0.25, 0.3) is 0 Å². The van der Waals surface area contributed by atoms with E-state index in [1.165, 1.54) is 5.56 Å². The molecule has 1 atom stereocenters. The molecule has 2 N–H and O–H groups in total. The van der Waals surface area contributed by atoms with Crippen molar-refractivity contribution in [3.8, 4) is 0 Å². The summed E-state index contributed by atoms with van der Waals surface area (Å²) in [5, 5.41) is 6.88. The minimum absolute atomic E-state index is 0.117. The maximum atomic E-state index is 5.69. The summed E-state index contributed by atoms with van der Waals surface area (Å²) in [6.07, 6.45) is 0.298. The van der Waals surface area contributed by atoms with Crippen LogP contribution in [0.4, 0.5) is 0 Å². The molecule has 0 aliphatic carbocycles. The van der Waals surface area contributed by atoms with Gasteiger partial charge in [0.2, 0.25) is 0 Å². The summed E-state index contributed by atoms with van der Waals surface area (Å²) in [5.74, 6) is 0. The summed E-state index contributed by atoms with van der Waals surface area (Å²) in [6.45, 7) is 9.13. The Bertz CT molecular complexity index is 403. The molecule has 0 amide bonds. The third kappa shape index (κ3) is 4.56. The van der Waals surface area contributed by atoms with Crippen LogP contribution in [0.15, 0.2) is 28.7 Å². The second-order valence-corrected chi connectivity index (χ2v) is 6.64. The Morgan fingerprint density at radius 3 is 3.00 bits per heavy atom. The molecule has 1 aromatic rings. The van der Waals surface area contributed by atoms with Gasteiger partial charge in [-0.25, -0.2) is 0 Å². The van der Waals surface area contributed by atoms with E-state index in [1.54, 1.807) is 0 Å². The van der Waals surface area contributed by atoms with E-state index in [0.29, 0.717) is 6.10 Å². The van der Waals surface area contributed by atoms with Crippen LogP contribution in [0.3, 0.4) is 0 Å². The Hall–Kier alpha value is -0.420. The zero-order valence-corrected chi connectivity index (χ0v) is 13.3. The molecule has 4 heteroatoms. The van der Waals surface area contributed by atoms with E-state index in [4.69, 9.17) is 4.74 Å². The monoisotopic (exact) mass is 326 g/mol. The van der Waals surface area contributed by atoms with Crippen LogP contribution in [-0.4, -0.2) is 38.9 Å². The fourth-order valence-electron chi connectivity index (χ4n) is 2.31. The zero-order valence-electron chi connectivity index (χ0n) is 11.7. The Morgan fingerprint density at radius 1 is 1.47 bits per heavy atom. The third-order valence-corrected chi connectivity index (χ3v) is 4.04. The number of ether oxygens (including phenoxy) is 1. The van der Waals surface area contributed by atoms with Gasteiger partial charge >= 0.3 is 0 Å². The molecular formula is C15H23BrN2O. The van der Waals surface area contributed by atoms with Crippen LogP contribution in [0.1, 0.15) is 19.4 Å². The lowest BCUT2D eigenvalue weighted by molar-refractivity contribution is 0.0287. The van der Waals surface area contributed by atoms with Crippen molar-refractivity contribution in [3.05, 3.63) is 34.3 Å². The SMILES string of the molecule is CC(C)(CNCC1CNCCO1)c1cccc(Br)c1. The average molecular weight is 327 g/mol. The van der Waals surface area contributed by atoms with Crippen molar-refractivity contribution >= 4 is 15.9 Å². The summed E-state index contributed by atoms with van der Waals surface area (Å²) in [6, 6.07) is 8.54. The highest BCUT2D eigenvalue weighted by Gasteiger charge is 2.21. The second-order valence-electron chi connectivity index (χ2n) is 5.72. The zero-order chi connectivity index (χ0) is 13.7. The first-order valence-corrected chi connectivity index (χ1v) is 7.66. The average Bonchev–Trinajstić information content (AvgIpc) is 2.40. The maximum Gasteiger partial charge on any atom is 0.0824 e. The number of halogens is 1. The minimum Gasteiger partial charge on any atom is -0.374 e. The van der Waals surface area contributed by atoms with Gasteiger partial charge in [-0.2, -0.15) is 0 Å². The van der Waals surface area contributed by atoms with Gasteiger partial charge in [0, 0.05) is 36.1 Å². The van der Waals surface area contributed by atoms with E-state index >= 15 is 0 Å². The number of benzene rings is 1. The molecule has 3 nitrogen and oxygen atoms in total. The normalized spacial score (nSPS) is 20.5. The van der Waals surface area contributed by atoms with E-state index in [2.05, 4.69) is 64.7 Å². The first-order valence-electron chi connectivity index (χ1n) is 6.87. The lowest BCUT2D eigenvalue weighted by atomic mass is 9.84. The smallest absolute Gasteiger partial charge is 0.0824 e. The fraction of sp³-hybridized carbons (Fsp3) is 0.600. The molecule has 1 heterocycles. The largest absolute Gasteiger partial charge is 0.374 e. The second kappa shape index (κ2) is 6.84. The molecule has 106 valence electrons. The van der Waals surface area contributed by atoms with Gasteiger partial charge in [0.05, 0.1) is 12.7 Å². The fourth-order valence-corrected chi connectivity index (χ4v) is 2.71. The standard InChI is InChI=1S/C15H23BrN2O/c1-15(2,12-4-3-5-13(16)8-12)11-18-10-14-9-17-6-7-19-14/h3-5,8,14,17-18H,6-7,9-11H2,1-2H3. The van der Waals surface area contributed by atoms with Crippen LogP contribution in [0, 0.1) is 0 Å². The topological polar surface area (TPSA) is 33.3 Å². The molecule has 0 bridgehead atoms. The Morgan fingerprint density at radius 2 is 2.32 bits per heavy atom. The van der Waals surface area contributed by atoms with Crippen molar-refractivity contribution in [1.82, 2.24) is 10.6 Å². The molecule has 19 heavy (non-hydrogen) atoms. The molecule has 1 aromatic carbocycles. The van der Waals surface area contributed by atoms with Gasteiger partial charge < -0.3 is 15.4 Å². The maximum absolute atomic E-state index is 5.69. The molecule has 1 aliphatic heterocycles. The van der Waals surface area contributed by atoms with Crippen LogP contribution in [0.25, 0.3) is 0 Å². The molecule has 0 aromatic heterocycles. The van der Waals surface area contributed by atoms with Crippen molar-refractivity contribution < 1.29 is 4.74 Å². The third-order valence-electron chi connectivity index (χ3n) is 3.55. The van der Waals surface area contributed by atoms with E-state index < -0.39 is 0 Å². The van der Waals surface area contributed by atoms with E-state index in [9.17, 15) is 0 Å². The highest BCUT2D eigenvalue weighted by atomic mass is 79.9. The van der Waals surface area contributed by atoms with Crippen LogP contribution >= 0.6 is 15.9 Å². The number of hydrogen-bond acceptors (Lipinski definition) is 3. The molecule has 1 aliphatic rings. The molecule has 0 spiro atoms. The van der Waals surface area contributed by atoms with Crippen molar-refractivity contribution in [2.45, 2.75) is 25.4 Å². The molecule has 1 unspecified atom stereocenters. The summed E-state index contributed by atoms with van der Waals surface area (Å²) in [4.78, 5) is 0. The Balaban J connectivity index is 1.83. The molecule has 1 fully saturated rings. The lowest BCUT2D eigenvalue weighted by Crippen LogP contribution is -2.46. The summed E-state index contributed by atoms with van der Waals surface area (Å²) in [7, 11) is 0. The summed E-state index contributed by atoms with van der Waals surface area (Å²) >= 11 is 3.54. The minimum atomic E-state index is 0.117. The van der Waals surface area contributed by atoms with Crippen molar-refractivity contribution in [2.75, 3.05) is 32.8 Å². The quantitative estimate of drug-likeness (QED) is 0.871. The summed E-state index contributed by atoms with van der Waals surface area (Å²) < 4.78 is 6.82. The highest BCUT2D eigenvalue weighted by Crippen LogP contribution is 2.25. The lowest BCUT2D eigenvalue weighted by Gasteiger charge is -2.29. The van der Waals surface area contributed by atoms with Crippen molar-refractivity contribution in [1.29, 1.82) is 0 Å². The van der Waals surface area contributed by atoms with Gasteiger partial charge in [0.15, 0.2) is 0 Å². The van der Waals surface area contributed by atoms with Gasteiger partial charge in [0.1, 0.15) is 0 Å². The molecule has 0 radical (unpaired) electrons. The van der Waals surface area contributed by atoms with Crippen molar-refractivity contribution in [2.24, 2.45) is 0 Å². The number of rotatable bonds is 5. The van der Waals surface area contributed by atoms with E-state index in [1.807, 2.05) is 0 Å². The first kappa shape index (κ1) is 15.0. The van der Waals surface area contributed by atoms with Crippen LogP contribution in [-0.2, 0) is 10.2 Å². The van der Waals surface area contributed by atoms with Gasteiger partial charge in [-0.15, -0.1) is 0 Å². The van der Waals surface area contributed by atoms with Crippen LogP contribution in [0.2, 0.25) is 0 Å². The van der Waals surface area contributed by atoms with Crippen molar-refractivity contribution in [3.63, 3.8) is 0 Å². The number of nitrogens with one attached hydrogen (secondary N) is 2. The van der Waals surface area contributed by atoms with Gasteiger partial charge in [-0.3, -0.25) is 0 Å². The highest BCUT2D eigenvalue weighted by molar-refractivity contribution is 9.10. The van der Waals surface area contributed by atoms with E-state index in [0.717, 1.165) is 37.3 Å². The number of morpholine rings is 1. The molecule has 0 saturated carbocycles. The van der Waals surface area contributed by atoms with Gasteiger partial charge in [-0.1, -0.05) is 41.9 Å². The molecule has 2 rings (SSSR count). The van der Waals surface area contributed by atoms with E-state index in [-0.39, 0.29) is 5.41 Å². The summed E-state index contributed by atoms with van der Waals surface area (Å²) in [5.41, 5.74) is 1.46. The first-order chi connectivity index (χ1) is 9.08. The molecule has 1 saturated heterocycles. The predicted octanol–water partition coefficient (Wildman–Crippen LogP) is 2.30. The van der Waals surface area contributed by atoms with Gasteiger partial charge in [-0.05, 0) is 17.7 Å². The van der Waals surface area contributed by atoms with Crippen LogP contribution in [0.5, 0.6) is 0 Å². The Kier molecular flexibility index (Phi) is 5.39. The number of hydrogen-bond donors (Lipinski definition) is 2. The predicted molar refractivity (Wildman–Crippen MR) is 82.6 cm³/mol.